The van der Waals surface area contributed by atoms with Crippen LogP contribution in [0, 0.1) is 5.82 Å². The van der Waals surface area contributed by atoms with Crippen LogP contribution in [0.15, 0.2) is 48.5 Å². The van der Waals surface area contributed by atoms with E-state index in [1.54, 1.807) is 29.0 Å². The molecule has 28 heavy (non-hydrogen) atoms. The molecular formula is C22H25FN2O3. The van der Waals surface area contributed by atoms with Crippen molar-refractivity contribution in [1.82, 2.24) is 9.80 Å². The highest BCUT2D eigenvalue weighted by Gasteiger charge is 2.24. The predicted octanol–water partition coefficient (Wildman–Crippen LogP) is 3.14. The Morgan fingerprint density at radius 1 is 1.00 bits per heavy atom. The lowest BCUT2D eigenvalue weighted by molar-refractivity contribution is -0.131. The summed E-state index contributed by atoms with van der Waals surface area (Å²) in [5.41, 5.74) is 1.14. The molecule has 0 unspecified atom stereocenters. The van der Waals surface area contributed by atoms with Crippen LogP contribution in [-0.2, 0) is 11.2 Å². The van der Waals surface area contributed by atoms with E-state index >= 15 is 0 Å². The second-order valence-corrected chi connectivity index (χ2v) is 6.86. The SMILES string of the molecule is COc1cccc(CCC(=O)N2CCCN(C(=O)c3ccccc3F)CC2)c1. The van der Waals surface area contributed by atoms with Gasteiger partial charge in [-0.15, -0.1) is 0 Å². The Balaban J connectivity index is 1.55. The van der Waals surface area contributed by atoms with Gasteiger partial charge in [0.15, 0.2) is 0 Å². The highest BCUT2D eigenvalue weighted by atomic mass is 19.1. The lowest BCUT2D eigenvalue weighted by Crippen LogP contribution is -2.37. The molecule has 1 saturated heterocycles. The van der Waals surface area contributed by atoms with E-state index in [0.717, 1.165) is 11.3 Å². The first-order valence-corrected chi connectivity index (χ1v) is 9.53. The van der Waals surface area contributed by atoms with Gasteiger partial charge in [0.1, 0.15) is 11.6 Å². The minimum atomic E-state index is -0.511. The number of benzene rings is 2. The second-order valence-electron chi connectivity index (χ2n) is 6.86. The quantitative estimate of drug-likeness (QED) is 0.796. The number of methoxy groups -OCH3 is 1. The van der Waals surface area contributed by atoms with E-state index in [1.807, 2.05) is 24.3 Å². The van der Waals surface area contributed by atoms with Crippen molar-refractivity contribution in [3.8, 4) is 5.75 Å². The molecular weight excluding hydrogens is 359 g/mol. The van der Waals surface area contributed by atoms with Crippen molar-refractivity contribution in [3.05, 3.63) is 65.5 Å². The molecule has 148 valence electrons. The number of amides is 2. The van der Waals surface area contributed by atoms with Crippen LogP contribution in [0.1, 0.15) is 28.8 Å². The van der Waals surface area contributed by atoms with Gasteiger partial charge < -0.3 is 14.5 Å². The zero-order chi connectivity index (χ0) is 19.9. The van der Waals surface area contributed by atoms with Gasteiger partial charge in [0.25, 0.3) is 5.91 Å². The Morgan fingerprint density at radius 2 is 1.75 bits per heavy atom. The van der Waals surface area contributed by atoms with E-state index in [1.165, 1.54) is 12.1 Å². The number of hydrogen-bond donors (Lipinski definition) is 0. The van der Waals surface area contributed by atoms with Crippen molar-refractivity contribution in [2.24, 2.45) is 0 Å². The summed E-state index contributed by atoms with van der Waals surface area (Å²) in [6.45, 7) is 2.01. The van der Waals surface area contributed by atoms with Gasteiger partial charge in [-0.25, -0.2) is 4.39 Å². The average Bonchev–Trinajstić information content (AvgIpc) is 2.98. The maximum absolute atomic E-state index is 13.9. The monoisotopic (exact) mass is 384 g/mol. The first kappa shape index (κ1) is 19.9. The van der Waals surface area contributed by atoms with Crippen LogP contribution in [0.25, 0.3) is 0 Å². The molecule has 1 aliphatic heterocycles. The molecule has 0 aliphatic carbocycles. The molecule has 0 aromatic heterocycles. The minimum absolute atomic E-state index is 0.0722. The lowest BCUT2D eigenvalue weighted by Gasteiger charge is -2.22. The Kier molecular flexibility index (Phi) is 6.63. The highest BCUT2D eigenvalue weighted by Crippen LogP contribution is 2.16. The van der Waals surface area contributed by atoms with Crippen LogP contribution in [0.3, 0.4) is 0 Å². The van der Waals surface area contributed by atoms with E-state index < -0.39 is 5.82 Å². The van der Waals surface area contributed by atoms with E-state index in [2.05, 4.69) is 0 Å². The maximum Gasteiger partial charge on any atom is 0.256 e. The molecule has 3 rings (SSSR count). The standard InChI is InChI=1S/C22H25FN2O3/c1-28-18-7-4-6-17(16-18)10-11-21(26)24-12-5-13-25(15-14-24)22(27)19-8-2-3-9-20(19)23/h2-4,6-9,16H,5,10-15H2,1H3. The van der Waals surface area contributed by atoms with Crippen molar-refractivity contribution in [1.29, 1.82) is 0 Å². The lowest BCUT2D eigenvalue weighted by atomic mass is 10.1. The van der Waals surface area contributed by atoms with Crippen molar-refractivity contribution >= 4 is 11.8 Å². The second kappa shape index (κ2) is 9.35. The molecule has 6 heteroatoms. The normalized spacial score (nSPS) is 14.5. The van der Waals surface area contributed by atoms with Gasteiger partial charge in [-0.1, -0.05) is 24.3 Å². The van der Waals surface area contributed by atoms with Crippen molar-refractivity contribution in [3.63, 3.8) is 0 Å². The van der Waals surface area contributed by atoms with Crippen LogP contribution in [0.4, 0.5) is 4.39 Å². The highest BCUT2D eigenvalue weighted by molar-refractivity contribution is 5.94. The fraction of sp³-hybridized carbons (Fsp3) is 0.364. The van der Waals surface area contributed by atoms with Gasteiger partial charge in [-0.05, 0) is 42.7 Å². The third-order valence-corrected chi connectivity index (χ3v) is 5.00. The van der Waals surface area contributed by atoms with Gasteiger partial charge in [-0.2, -0.15) is 0 Å². The fourth-order valence-corrected chi connectivity index (χ4v) is 3.41. The number of halogens is 1. The van der Waals surface area contributed by atoms with Crippen LogP contribution >= 0.6 is 0 Å². The minimum Gasteiger partial charge on any atom is -0.497 e. The molecule has 1 fully saturated rings. The zero-order valence-electron chi connectivity index (χ0n) is 16.1. The molecule has 1 aliphatic rings. The van der Waals surface area contributed by atoms with E-state index in [-0.39, 0.29) is 17.4 Å². The van der Waals surface area contributed by atoms with Gasteiger partial charge >= 0.3 is 0 Å². The molecule has 5 nitrogen and oxygen atoms in total. The molecule has 2 aromatic rings. The Morgan fingerprint density at radius 3 is 2.54 bits per heavy atom. The number of nitrogens with zero attached hydrogens (tertiary/aromatic N) is 2. The first-order valence-electron chi connectivity index (χ1n) is 9.53. The summed E-state index contributed by atoms with van der Waals surface area (Å²) in [5, 5.41) is 0. The summed E-state index contributed by atoms with van der Waals surface area (Å²) in [4.78, 5) is 28.6. The summed E-state index contributed by atoms with van der Waals surface area (Å²) in [7, 11) is 1.62. The predicted molar refractivity (Wildman–Crippen MR) is 105 cm³/mol. The first-order chi connectivity index (χ1) is 13.6. The number of aryl methyl sites for hydroxylation is 1. The molecule has 0 atom stereocenters. The molecule has 0 bridgehead atoms. The largest absolute Gasteiger partial charge is 0.497 e. The van der Waals surface area contributed by atoms with Gasteiger partial charge in [0.2, 0.25) is 5.91 Å². The summed E-state index contributed by atoms with van der Waals surface area (Å²) in [5.74, 6) is 0.0248. The van der Waals surface area contributed by atoms with Gasteiger partial charge in [-0.3, -0.25) is 9.59 Å². The van der Waals surface area contributed by atoms with Crippen molar-refractivity contribution in [2.45, 2.75) is 19.3 Å². The molecule has 0 spiro atoms. The fourth-order valence-electron chi connectivity index (χ4n) is 3.41. The zero-order valence-corrected chi connectivity index (χ0v) is 16.1. The number of carbonyl (C=O) groups is 2. The Bertz CT molecular complexity index is 840. The molecule has 1 heterocycles. The average molecular weight is 384 g/mol. The van der Waals surface area contributed by atoms with Crippen molar-refractivity contribution < 1.29 is 18.7 Å². The number of hydrogen-bond acceptors (Lipinski definition) is 3. The molecule has 0 N–H and O–H groups in total. The number of ether oxygens (including phenoxy) is 1. The van der Waals surface area contributed by atoms with Crippen LogP contribution < -0.4 is 4.74 Å². The van der Waals surface area contributed by atoms with Crippen LogP contribution in [-0.4, -0.2) is 54.9 Å². The molecule has 2 amide bonds. The van der Waals surface area contributed by atoms with E-state index in [4.69, 9.17) is 4.74 Å². The number of carbonyl (C=O) groups excluding carboxylic acids is 2. The summed E-state index contributed by atoms with van der Waals surface area (Å²) in [6, 6.07) is 13.7. The van der Waals surface area contributed by atoms with Gasteiger partial charge in [0, 0.05) is 32.6 Å². The van der Waals surface area contributed by atoms with Crippen molar-refractivity contribution in [2.75, 3.05) is 33.3 Å². The smallest absolute Gasteiger partial charge is 0.256 e. The van der Waals surface area contributed by atoms with Crippen LogP contribution in [0.5, 0.6) is 5.75 Å². The Hall–Kier alpha value is -2.89. The third kappa shape index (κ3) is 4.88. The summed E-state index contributed by atoms with van der Waals surface area (Å²) in [6.07, 6.45) is 1.74. The van der Waals surface area contributed by atoms with E-state index in [9.17, 15) is 14.0 Å². The maximum atomic E-state index is 13.9. The summed E-state index contributed by atoms with van der Waals surface area (Å²) < 4.78 is 19.1. The van der Waals surface area contributed by atoms with E-state index in [0.29, 0.717) is 45.4 Å². The summed E-state index contributed by atoms with van der Waals surface area (Å²) >= 11 is 0. The topological polar surface area (TPSA) is 49.9 Å². The third-order valence-electron chi connectivity index (χ3n) is 5.00. The Labute approximate surface area is 164 Å². The molecule has 0 radical (unpaired) electrons. The molecule has 2 aromatic carbocycles. The molecule has 0 saturated carbocycles. The van der Waals surface area contributed by atoms with Crippen LogP contribution in [0.2, 0.25) is 0 Å². The number of rotatable bonds is 5. The van der Waals surface area contributed by atoms with Gasteiger partial charge in [0.05, 0.1) is 12.7 Å².